The van der Waals surface area contributed by atoms with Gasteiger partial charge in [0, 0.05) is 38.5 Å². The van der Waals surface area contributed by atoms with E-state index in [1.807, 2.05) is 4.90 Å². The molecule has 2 aromatic carbocycles. The molecule has 4 rings (SSSR count). The minimum Gasteiger partial charge on any atom is -0.497 e. The van der Waals surface area contributed by atoms with E-state index >= 15 is 0 Å². The summed E-state index contributed by atoms with van der Waals surface area (Å²) in [6, 6.07) is 12.9. The van der Waals surface area contributed by atoms with E-state index in [1.165, 1.54) is 29.6 Å². The third kappa shape index (κ3) is 5.13. The van der Waals surface area contributed by atoms with Gasteiger partial charge in [0.05, 0.1) is 23.3 Å². The summed E-state index contributed by atoms with van der Waals surface area (Å²) in [6.45, 7) is 2.13. The molecular weight excluding hydrogens is 476 g/mol. The molecule has 10 heteroatoms. The molecule has 8 nitrogen and oxygen atoms in total. The van der Waals surface area contributed by atoms with Crippen LogP contribution in [0.3, 0.4) is 0 Å². The van der Waals surface area contributed by atoms with E-state index in [1.54, 1.807) is 30.3 Å². The molecule has 1 spiro atoms. The molecule has 2 heterocycles. The number of hydrogen-bond acceptors (Lipinski definition) is 6. The van der Waals surface area contributed by atoms with Crippen molar-refractivity contribution in [3.63, 3.8) is 0 Å². The molecule has 2 aliphatic rings. The average molecular weight is 507 g/mol. The quantitative estimate of drug-likeness (QED) is 0.596. The lowest BCUT2D eigenvalue weighted by molar-refractivity contribution is -0.130. The van der Waals surface area contributed by atoms with Crippen molar-refractivity contribution in [3.8, 4) is 5.75 Å². The Hall–Kier alpha value is -2.43. The Labute approximate surface area is 201 Å². The summed E-state index contributed by atoms with van der Waals surface area (Å²) in [5.41, 5.74) is 0.716. The number of piperidine rings is 1. The molecule has 0 radical (unpaired) electrons. The third-order valence-corrected chi connectivity index (χ3v) is 9.98. The van der Waals surface area contributed by atoms with Crippen molar-refractivity contribution in [2.45, 2.75) is 35.5 Å². The van der Waals surface area contributed by atoms with Crippen LogP contribution in [0, 0.1) is 5.41 Å². The van der Waals surface area contributed by atoms with Gasteiger partial charge in [0.2, 0.25) is 15.9 Å². The highest BCUT2D eigenvalue weighted by Gasteiger charge is 2.44. The summed E-state index contributed by atoms with van der Waals surface area (Å²) in [7, 11) is -5.35. The first-order chi connectivity index (χ1) is 16.0. The van der Waals surface area contributed by atoms with Crippen LogP contribution in [0.1, 0.15) is 24.8 Å². The molecule has 2 aliphatic heterocycles. The van der Waals surface area contributed by atoms with Crippen molar-refractivity contribution in [3.05, 3.63) is 54.1 Å². The summed E-state index contributed by atoms with van der Waals surface area (Å²) >= 11 is 0. The zero-order chi connectivity index (χ0) is 24.6. The Morgan fingerprint density at radius 1 is 0.941 bits per heavy atom. The number of benzene rings is 2. The van der Waals surface area contributed by atoms with Crippen LogP contribution in [0.2, 0.25) is 0 Å². The zero-order valence-electron chi connectivity index (χ0n) is 19.4. The molecule has 0 unspecified atom stereocenters. The average Bonchev–Trinajstić information content (AvgIpc) is 3.22. The molecule has 0 aromatic heterocycles. The fraction of sp³-hybridized carbons (Fsp3) is 0.458. The zero-order valence-corrected chi connectivity index (χ0v) is 21.1. The number of likely N-dealkylation sites (tertiary alicyclic amines) is 1. The van der Waals surface area contributed by atoms with Gasteiger partial charge in [-0.05, 0) is 54.5 Å². The van der Waals surface area contributed by atoms with Gasteiger partial charge < -0.3 is 9.64 Å². The van der Waals surface area contributed by atoms with Gasteiger partial charge in [-0.25, -0.2) is 16.8 Å². The van der Waals surface area contributed by atoms with Gasteiger partial charge in [-0.15, -0.1) is 0 Å². The Kier molecular flexibility index (Phi) is 6.76. The molecule has 0 saturated carbocycles. The molecule has 184 valence electrons. The standard InChI is InChI=1S/C24H30N2O6S2/c1-32-20-4-3-5-22(17-20)34(30,31)26-14-11-24(12-15-26)10-13-25(18-24)23(27)16-19-6-8-21(9-7-19)33(2,28)29/h3-9,17H,10-16,18H2,1-2H3. The Bertz CT molecular complexity index is 1260. The highest BCUT2D eigenvalue weighted by Crippen LogP contribution is 2.41. The minimum atomic E-state index is -3.60. The number of methoxy groups -OCH3 is 1. The highest BCUT2D eigenvalue weighted by atomic mass is 32.2. The van der Waals surface area contributed by atoms with E-state index in [0.717, 1.165) is 18.2 Å². The number of sulfonamides is 1. The SMILES string of the molecule is COc1cccc(S(=O)(=O)N2CCC3(CCN(C(=O)Cc4ccc(S(C)(=O)=O)cc4)C3)CC2)c1. The second-order valence-electron chi connectivity index (χ2n) is 9.24. The number of hydrogen-bond donors (Lipinski definition) is 0. The van der Waals surface area contributed by atoms with E-state index in [0.29, 0.717) is 44.8 Å². The molecule has 0 bridgehead atoms. The minimum absolute atomic E-state index is 0.00964. The molecule has 2 aromatic rings. The second-order valence-corrected chi connectivity index (χ2v) is 13.2. The van der Waals surface area contributed by atoms with E-state index in [9.17, 15) is 21.6 Å². The maximum atomic E-state index is 13.1. The van der Waals surface area contributed by atoms with Crippen LogP contribution < -0.4 is 4.74 Å². The monoisotopic (exact) mass is 506 g/mol. The number of nitrogens with zero attached hydrogens (tertiary/aromatic N) is 2. The first kappa shape index (κ1) is 24.7. The van der Waals surface area contributed by atoms with E-state index < -0.39 is 19.9 Å². The first-order valence-corrected chi connectivity index (χ1v) is 14.6. The summed E-state index contributed by atoms with van der Waals surface area (Å²) in [6.07, 6.45) is 3.66. The topological polar surface area (TPSA) is 101 Å². The van der Waals surface area contributed by atoms with Crippen molar-refractivity contribution in [1.82, 2.24) is 9.21 Å². The molecule has 1 amide bonds. The lowest BCUT2D eigenvalue weighted by Crippen LogP contribution is -2.44. The van der Waals surface area contributed by atoms with Crippen LogP contribution in [-0.2, 0) is 31.1 Å². The summed E-state index contributed by atoms with van der Waals surface area (Å²) in [4.78, 5) is 15.2. The van der Waals surface area contributed by atoms with Gasteiger partial charge in [-0.1, -0.05) is 18.2 Å². The normalized spacial score (nSPS) is 18.8. The van der Waals surface area contributed by atoms with Crippen LogP contribution in [0.4, 0.5) is 0 Å². The van der Waals surface area contributed by atoms with Crippen molar-refractivity contribution in [2.24, 2.45) is 5.41 Å². The van der Waals surface area contributed by atoms with Gasteiger partial charge in [0.1, 0.15) is 5.75 Å². The number of ether oxygens (including phenoxy) is 1. The number of rotatable bonds is 6. The fourth-order valence-electron chi connectivity index (χ4n) is 4.81. The maximum absolute atomic E-state index is 13.1. The largest absolute Gasteiger partial charge is 0.497 e. The van der Waals surface area contributed by atoms with Gasteiger partial charge >= 0.3 is 0 Å². The molecule has 0 atom stereocenters. The molecule has 0 N–H and O–H groups in total. The number of amides is 1. The number of carbonyl (C=O) groups excluding carboxylic acids is 1. The second kappa shape index (κ2) is 9.31. The van der Waals surface area contributed by atoms with Gasteiger partial charge in [-0.2, -0.15) is 4.31 Å². The lowest BCUT2D eigenvalue weighted by Gasteiger charge is -2.38. The third-order valence-electron chi connectivity index (χ3n) is 6.96. The fourth-order valence-corrected chi connectivity index (χ4v) is 6.92. The van der Waals surface area contributed by atoms with Crippen LogP contribution >= 0.6 is 0 Å². The lowest BCUT2D eigenvalue weighted by atomic mass is 9.78. The smallest absolute Gasteiger partial charge is 0.243 e. The Balaban J connectivity index is 1.36. The molecule has 2 saturated heterocycles. The summed E-state index contributed by atoms with van der Waals surface area (Å²) < 4.78 is 56.1. The van der Waals surface area contributed by atoms with E-state index in [4.69, 9.17) is 4.74 Å². The number of carbonyl (C=O) groups is 1. The van der Waals surface area contributed by atoms with Gasteiger partial charge in [0.15, 0.2) is 9.84 Å². The van der Waals surface area contributed by atoms with E-state index in [-0.39, 0.29) is 27.5 Å². The Morgan fingerprint density at radius 2 is 1.59 bits per heavy atom. The van der Waals surface area contributed by atoms with Crippen molar-refractivity contribution < 1.29 is 26.4 Å². The molecule has 0 aliphatic carbocycles. The van der Waals surface area contributed by atoms with Crippen LogP contribution in [0.25, 0.3) is 0 Å². The highest BCUT2D eigenvalue weighted by molar-refractivity contribution is 7.90. The van der Waals surface area contributed by atoms with Crippen LogP contribution in [0.5, 0.6) is 5.75 Å². The maximum Gasteiger partial charge on any atom is 0.243 e. The van der Waals surface area contributed by atoms with Crippen molar-refractivity contribution >= 4 is 25.8 Å². The predicted molar refractivity (Wildman–Crippen MR) is 128 cm³/mol. The first-order valence-electron chi connectivity index (χ1n) is 11.2. The molecule has 34 heavy (non-hydrogen) atoms. The predicted octanol–water partition coefficient (Wildman–Crippen LogP) is 2.34. The van der Waals surface area contributed by atoms with Crippen LogP contribution in [-0.4, -0.2) is 71.5 Å². The summed E-state index contributed by atoms with van der Waals surface area (Å²) in [5.74, 6) is 0.515. The van der Waals surface area contributed by atoms with Crippen LogP contribution in [0.15, 0.2) is 58.3 Å². The van der Waals surface area contributed by atoms with Gasteiger partial charge in [0.25, 0.3) is 0 Å². The molecular formula is C24H30N2O6S2. The molecule has 2 fully saturated rings. The van der Waals surface area contributed by atoms with Crippen molar-refractivity contribution in [1.29, 1.82) is 0 Å². The Morgan fingerprint density at radius 3 is 2.21 bits per heavy atom. The van der Waals surface area contributed by atoms with Crippen molar-refractivity contribution in [2.75, 3.05) is 39.5 Å². The van der Waals surface area contributed by atoms with Gasteiger partial charge in [-0.3, -0.25) is 4.79 Å². The number of sulfone groups is 1. The van der Waals surface area contributed by atoms with E-state index in [2.05, 4.69) is 0 Å². The summed E-state index contributed by atoms with van der Waals surface area (Å²) in [5, 5.41) is 0.